The first-order valence-corrected chi connectivity index (χ1v) is 12.1. The monoisotopic (exact) mass is 535 g/mol. The van der Waals surface area contributed by atoms with Crippen LogP contribution in [-0.4, -0.2) is 145 Å². The molecule has 0 radical (unpaired) electrons. The van der Waals surface area contributed by atoms with Gasteiger partial charge >= 0.3 is 11.9 Å². The van der Waals surface area contributed by atoms with Crippen molar-refractivity contribution in [3.05, 3.63) is 30.3 Å². The molecule has 2 N–H and O–H groups in total. The number of para-hydroxylation sites is 1. The number of carboxylic acids is 4. The van der Waals surface area contributed by atoms with E-state index in [9.17, 15) is 44.4 Å². The maximum Gasteiger partial charge on any atom is 0.323 e. The zero-order chi connectivity index (χ0) is 28.1. The van der Waals surface area contributed by atoms with Crippen LogP contribution in [0.4, 0.5) is 5.69 Å². The number of amides is 1. The molecule has 0 aliphatic carbocycles. The number of rotatable bonds is 11. The van der Waals surface area contributed by atoms with Gasteiger partial charge in [0.25, 0.3) is 0 Å². The van der Waals surface area contributed by atoms with Crippen LogP contribution in [0.25, 0.3) is 0 Å². The molecule has 0 bridgehead atoms. The Morgan fingerprint density at radius 2 is 1.03 bits per heavy atom. The fraction of sp³-hybridized carbons (Fsp3) is 0.542. The Morgan fingerprint density at radius 1 is 0.632 bits per heavy atom. The van der Waals surface area contributed by atoms with E-state index in [0.717, 1.165) is 4.90 Å². The summed E-state index contributed by atoms with van der Waals surface area (Å²) in [6.45, 7) is -0.132. The molecular formula is C24H33N5O9-2. The first-order chi connectivity index (χ1) is 18.0. The number of benzene rings is 1. The Kier molecular flexibility index (Phi) is 12.6. The lowest BCUT2D eigenvalue weighted by Crippen LogP contribution is -2.51. The summed E-state index contributed by atoms with van der Waals surface area (Å²) in [7, 11) is 0. The summed E-state index contributed by atoms with van der Waals surface area (Å²) in [6.07, 6.45) is 0. The van der Waals surface area contributed by atoms with E-state index in [0.29, 0.717) is 5.69 Å². The van der Waals surface area contributed by atoms with Gasteiger partial charge in [0.15, 0.2) is 0 Å². The van der Waals surface area contributed by atoms with Crippen LogP contribution in [0.15, 0.2) is 30.3 Å². The van der Waals surface area contributed by atoms with E-state index >= 15 is 0 Å². The third-order valence-corrected chi connectivity index (χ3v) is 6.02. The molecule has 0 atom stereocenters. The molecule has 1 heterocycles. The van der Waals surface area contributed by atoms with E-state index < -0.39 is 42.9 Å². The highest BCUT2D eigenvalue weighted by molar-refractivity contribution is 5.98. The Bertz CT molecular complexity index is 930. The second-order valence-corrected chi connectivity index (χ2v) is 8.95. The van der Waals surface area contributed by atoms with Crippen molar-refractivity contribution in [2.75, 3.05) is 90.0 Å². The average Bonchev–Trinajstić information content (AvgIpc) is 2.83. The zero-order valence-electron chi connectivity index (χ0n) is 21.1. The van der Waals surface area contributed by atoms with Gasteiger partial charge in [0.1, 0.15) is 6.54 Å². The maximum absolute atomic E-state index is 13.2. The van der Waals surface area contributed by atoms with E-state index in [-0.39, 0.29) is 72.0 Å². The van der Waals surface area contributed by atoms with Crippen molar-refractivity contribution in [3.63, 3.8) is 0 Å². The summed E-state index contributed by atoms with van der Waals surface area (Å²) in [5.41, 5.74) is 0.411. The summed E-state index contributed by atoms with van der Waals surface area (Å²) in [5.74, 6) is -5.35. The first-order valence-electron chi connectivity index (χ1n) is 12.1. The van der Waals surface area contributed by atoms with Crippen LogP contribution in [-0.2, 0) is 24.0 Å². The zero-order valence-corrected chi connectivity index (χ0v) is 21.1. The Labute approximate surface area is 220 Å². The fourth-order valence-electron chi connectivity index (χ4n) is 4.11. The summed E-state index contributed by atoms with van der Waals surface area (Å²) in [6, 6.07) is 8.33. The van der Waals surface area contributed by atoms with Crippen LogP contribution in [0.2, 0.25) is 0 Å². The molecule has 1 aliphatic heterocycles. The lowest BCUT2D eigenvalue weighted by atomic mass is 10.2. The third kappa shape index (κ3) is 11.6. The number of nitrogens with zero attached hydrogens (tertiary/aromatic N) is 5. The van der Waals surface area contributed by atoms with Gasteiger partial charge in [-0.15, -0.1) is 0 Å². The molecule has 1 aromatic carbocycles. The topological polar surface area (TPSA) is 188 Å². The highest BCUT2D eigenvalue weighted by atomic mass is 16.4. The summed E-state index contributed by atoms with van der Waals surface area (Å²) in [4.78, 5) is 66.1. The predicted octanol–water partition coefficient (Wildman–Crippen LogP) is -4.09. The molecule has 38 heavy (non-hydrogen) atoms. The van der Waals surface area contributed by atoms with Gasteiger partial charge in [0.2, 0.25) is 5.91 Å². The number of carbonyl (C=O) groups is 5. The minimum absolute atomic E-state index is 0.181. The fourth-order valence-corrected chi connectivity index (χ4v) is 4.11. The summed E-state index contributed by atoms with van der Waals surface area (Å²) in [5, 5.41) is 41.1. The second kappa shape index (κ2) is 15.6. The summed E-state index contributed by atoms with van der Waals surface area (Å²) >= 11 is 0. The van der Waals surface area contributed by atoms with E-state index in [1.807, 2.05) is 0 Å². The number of hydrogen-bond acceptors (Lipinski definition) is 11. The molecule has 1 saturated heterocycles. The normalized spacial score (nSPS) is 17.2. The number of hydrogen-bond donors (Lipinski definition) is 2. The van der Waals surface area contributed by atoms with Gasteiger partial charge in [-0.1, -0.05) is 18.2 Å². The molecule has 210 valence electrons. The Balaban J connectivity index is 2.23. The Hall–Kier alpha value is -3.59. The van der Waals surface area contributed by atoms with Crippen LogP contribution in [0.1, 0.15) is 0 Å². The van der Waals surface area contributed by atoms with Crippen molar-refractivity contribution in [1.82, 2.24) is 19.6 Å². The lowest BCUT2D eigenvalue weighted by molar-refractivity contribution is -0.308. The minimum atomic E-state index is -1.31. The molecule has 14 nitrogen and oxygen atoms in total. The summed E-state index contributed by atoms with van der Waals surface area (Å²) < 4.78 is 0. The largest absolute Gasteiger partial charge is 0.549 e. The van der Waals surface area contributed by atoms with Crippen molar-refractivity contribution in [2.45, 2.75) is 0 Å². The van der Waals surface area contributed by atoms with Crippen molar-refractivity contribution in [3.8, 4) is 0 Å². The van der Waals surface area contributed by atoms with E-state index in [1.165, 1.54) is 0 Å². The highest BCUT2D eigenvalue weighted by Crippen LogP contribution is 2.14. The van der Waals surface area contributed by atoms with Crippen LogP contribution in [0.5, 0.6) is 0 Å². The molecule has 0 spiro atoms. The predicted molar refractivity (Wildman–Crippen MR) is 130 cm³/mol. The van der Waals surface area contributed by atoms with Crippen LogP contribution >= 0.6 is 0 Å². The molecule has 1 aromatic rings. The molecule has 1 fully saturated rings. The second-order valence-electron chi connectivity index (χ2n) is 8.95. The van der Waals surface area contributed by atoms with Gasteiger partial charge in [-0.25, -0.2) is 0 Å². The maximum atomic E-state index is 13.2. The molecule has 0 unspecified atom stereocenters. The molecule has 2 rings (SSSR count). The quantitative estimate of drug-likeness (QED) is 0.279. The van der Waals surface area contributed by atoms with Gasteiger partial charge in [-0.2, -0.15) is 0 Å². The van der Waals surface area contributed by atoms with Crippen molar-refractivity contribution < 1.29 is 44.4 Å². The average molecular weight is 536 g/mol. The van der Waals surface area contributed by atoms with Gasteiger partial charge in [-0.05, 0) is 12.1 Å². The third-order valence-electron chi connectivity index (χ3n) is 6.02. The Morgan fingerprint density at radius 3 is 1.39 bits per heavy atom. The van der Waals surface area contributed by atoms with E-state index in [1.54, 1.807) is 49.9 Å². The van der Waals surface area contributed by atoms with Crippen LogP contribution in [0.3, 0.4) is 0 Å². The van der Waals surface area contributed by atoms with Gasteiger partial charge in [0.05, 0.1) is 25.0 Å². The number of carboxylic acid groups (broad SMARTS) is 4. The first kappa shape index (κ1) is 30.6. The smallest absolute Gasteiger partial charge is 0.323 e. The van der Waals surface area contributed by atoms with Crippen molar-refractivity contribution in [2.24, 2.45) is 0 Å². The molecule has 0 aromatic heterocycles. The standard InChI is InChI=1S/C24H35N5O9/c30-20(29(18-24(37)38)19-4-2-1-3-5-19)14-25-6-8-26(15-21(31)32)10-12-28(17-23(35)36)13-11-27(9-7-25)16-22(33)34/h1-5H,6-18H2,(H,31,32)(H,33,34)(H,35,36)(H,37,38)/p-2. The number of carbonyl (C=O) groups excluding carboxylic acids is 3. The molecule has 0 saturated carbocycles. The van der Waals surface area contributed by atoms with E-state index in [4.69, 9.17) is 0 Å². The molecule has 14 heteroatoms. The van der Waals surface area contributed by atoms with Gasteiger partial charge in [-0.3, -0.25) is 34.0 Å². The highest BCUT2D eigenvalue weighted by Gasteiger charge is 2.23. The SMILES string of the molecule is O=C([O-])CN1CCN(CC(=O)[O-])CCN(CC(=O)N(CC(=O)O)c2ccccc2)CCN(CC(=O)O)CC1. The molecule has 1 aliphatic rings. The van der Waals surface area contributed by atoms with Gasteiger partial charge in [0, 0.05) is 71.1 Å². The van der Waals surface area contributed by atoms with Crippen molar-refractivity contribution >= 4 is 35.5 Å². The van der Waals surface area contributed by atoms with E-state index in [2.05, 4.69) is 0 Å². The molecular weight excluding hydrogens is 502 g/mol. The van der Waals surface area contributed by atoms with Crippen LogP contribution < -0.4 is 15.1 Å². The number of aliphatic carboxylic acids is 4. The molecule has 1 amide bonds. The van der Waals surface area contributed by atoms with Gasteiger partial charge < -0.3 is 34.9 Å². The lowest BCUT2D eigenvalue weighted by Gasteiger charge is -2.34. The van der Waals surface area contributed by atoms with Crippen molar-refractivity contribution in [1.29, 1.82) is 0 Å². The minimum Gasteiger partial charge on any atom is -0.549 e. The number of anilines is 1. The van der Waals surface area contributed by atoms with Crippen LogP contribution in [0, 0.1) is 0 Å².